The van der Waals surface area contributed by atoms with Crippen molar-refractivity contribution >= 4 is 11.4 Å². The van der Waals surface area contributed by atoms with Gasteiger partial charge in [0.05, 0.1) is 12.8 Å². The van der Waals surface area contributed by atoms with Crippen molar-refractivity contribution in [1.29, 1.82) is 5.26 Å². The first-order valence-electron chi connectivity index (χ1n) is 4.95. The van der Waals surface area contributed by atoms with Gasteiger partial charge in [0.2, 0.25) is 11.5 Å². The Bertz CT molecular complexity index is 567. The first-order chi connectivity index (χ1) is 8.83. The number of hydrazone groups is 1. The molecule has 0 unspecified atom stereocenters. The predicted octanol–water partition coefficient (Wildman–Crippen LogP) is 0.548. The molecule has 0 aliphatic rings. The Balaban J connectivity index is 2.11. The molecular formula is C10H9N7O. The van der Waals surface area contributed by atoms with Crippen LogP contribution in [0.15, 0.2) is 29.4 Å². The first-order valence-corrected chi connectivity index (χ1v) is 4.95. The average Bonchev–Trinajstić information content (AvgIpc) is 2.94. The fraction of sp³-hybridized carbons (Fsp3) is 0.100. The summed E-state index contributed by atoms with van der Waals surface area (Å²) in [6.45, 7) is 0. The van der Waals surface area contributed by atoms with Gasteiger partial charge in [-0.25, -0.2) is 0 Å². The molecule has 0 spiro atoms. The second kappa shape index (κ2) is 5.40. The molecule has 2 N–H and O–H groups in total. The number of methoxy groups -OCH3 is 1. The van der Waals surface area contributed by atoms with E-state index in [1.54, 1.807) is 31.4 Å². The van der Waals surface area contributed by atoms with E-state index in [1.807, 2.05) is 6.07 Å². The molecule has 0 saturated heterocycles. The van der Waals surface area contributed by atoms with E-state index in [1.165, 1.54) is 0 Å². The third-order valence-corrected chi connectivity index (χ3v) is 2.05. The van der Waals surface area contributed by atoms with Crippen LogP contribution in [0.25, 0.3) is 0 Å². The van der Waals surface area contributed by atoms with Crippen molar-refractivity contribution in [3.63, 3.8) is 0 Å². The monoisotopic (exact) mass is 243 g/mol. The van der Waals surface area contributed by atoms with E-state index >= 15 is 0 Å². The SMILES string of the molecule is COc1ccc(N/N=C(\C#N)c2nn[nH]n2)cc1. The highest BCUT2D eigenvalue weighted by Gasteiger charge is 2.07. The van der Waals surface area contributed by atoms with Crippen LogP contribution >= 0.6 is 0 Å². The fourth-order valence-electron chi connectivity index (χ4n) is 1.17. The smallest absolute Gasteiger partial charge is 0.235 e. The molecule has 90 valence electrons. The van der Waals surface area contributed by atoms with Gasteiger partial charge in [-0.1, -0.05) is 0 Å². The highest BCUT2D eigenvalue weighted by atomic mass is 16.5. The number of nitriles is 1. The van der Waals surface area contributed by atoms with Crippen LogP contribution in [-0.4, -0.2) is 33.4 Å². The fourth-order valence-corrected chi connectivity index (χ4v) is 1.17. The van der Waals surface area contributed by atoms with Crippen molar-refractivity contribution in [2.45, 2.75) is 0 Å². The number of nitrogens with one attached hydrogen (secondary N) is 2. The Morgan fingerprint density at radius 3 is 2.78 bits per heavy atom. The maximum Gasteiger partial charge on any atom is 0.235 e. The zero-order valence-corrected chi connectivity index (χ0v) is 9.45. The third-order valence-electron chi connectivity index (χ3n) is 2.05. The lowest BCUT2D eigenvalue weighted by Crippen LogP contribution is -2.04. The number of ether oxygens (including phenoxy) is 1. The number of tetrazole rings is 1. The van der Waals surface area contributed by atoms with Crippen LogP contribution < -0.4 is 10.2 Å². The Morgan fingerprint density at radius 2 is 2.22 bits per heavy atom. The summed E-state index contributed by atoms with van der Waals surface area (Å²) in [5.41, 5.74) is 3.48. The maximum absolute atomic E-state index is 8.90. The van der Waals surface area contributed by atoms with Gasteiger partial charge in [0.25, 0.3) is 0 Å². The van der Waals surface area contributed by atoms with Gasteiger partial charge in [-0.3, -0.25) is 5.43 Å². The molecule has 0 atom stereocenters. The highest BCUT2D eigenvalue weighted by molar-refractivity contribution is 6.09. The maximum atomic E-state index is 8.90. The Kier molecular flexibility index (Phi) is 3.46. The number of rotatable bonds is 4. The largest absolute Gasteiger partial charge is 0.497 e. The Morgan fingerprint density at radius 1 is 1.44 bits per heavy atom. The quantitative estimate of drug-likeness (QED) is 0.599. The van der Waals surface area contributed by atoms with Crippen LogP contribution in [0.3, 0.4) is 0 Å². The molecule has 8 nitrogen and oxygen atoms in total. The molecular weight excluding hydrogens is 234 g/mol. The van der Waals surface area contributed by atoms with Gasteiger partial charge in [-0.15, -0.1) is 10.2 Å². The minimum atomic E-state index is 0.0413. The predicted molar refractivity (Wildman–Crippen MR) is 62.9 cm³/mol. The van der Waals surface area contributed by atoms with Crippen molar-refractivity contribution < 1.29 is 4.74 Å². The molecule has 2 rings (SSSR count). The van der Waals surface area contributed by atoms with Crippen molar-refractivity contribution in [1.82, 2.24) is 20.6 Å². The number of aromatic amines is 1. The van der Waals surface area contributed by atoms with E-state index in [0.717, 1.165) is 5.75 Å². The zero-order chi connectivity index (χ0) is 12.8. The molecule has 1 aromatic heterocycles. The van der Waals surface area contributed by atoms with Crippen LogP contribution in [0.4, 0.5) is 5.69 Å². The van der Waals surface area contributed by atoms with E-state index in [4.69, 9.17) is 10.00 Å². The standard InChI is InChI=1S/C10H9N7O/c1-18-8-4-2-7(3-5-8)12-13-9(6-11)10-14-16-17-15-10/h2-5,12H,1H3,(H,14,15,16,17)/b13-9+. The van der Waals surface area contributed by atoms with Gasteiger partial charge >= 0.3 is 0 Å². The number of benzene rings is 1. The van der Waals surface area contributed by atoms with E-state index < -0.39 is 0 Å². The van der Waals surface area contributed by atoms with Gasteiger partial charge in [-0.05, 0) is 29.5 Å². The molecule has 8 heteroatoms. The summed E-state index contributed by atoms with van der Waals surface area (Å²) < 4.78 is 5.03. The van der Waals surface area contributed by atoms with Crippen molar-refractivity contribution in [3.8, 4) is 11.8 Å². The van der Waals surface area contributed by atoms with Gasteiger partial charge < -0.3 is 4.74 Å². The number of nitrogens with zero attached hydrogens (tertiary/aromatic N) is 5. The second-order valence-electron chi connectivity index (χ2n) is 3.15. The number of hydrogen-bond donors (Lipinski definition) is 2. The molecule has 1 aromatic carbocycles. The summed E-state index contributed by atoms with van der Waals surface area (Å²) >= 11 is 0. The molecule has 0 radical (unpaired) electrons. The van der Waals surface area contributed by atoms with E-state index in [0.29, 0.717) is 5.69 Å². The summed E-state index contributed by atoms with van der Waals surface area (Å²) in [5, 5.41) is 25.7. The summed E-state index contributed by atoms with van der Waals surface area (Å²) in [5.74, 6) is 0.877. The van der Waals surface area contributed by atoms with Gasteiger partial charge in [-0.2, -0.15) is 15.6 Å². The second-order valence-corrected chi connectivity index (χ2v) is 3.15. The highest BCUT2D eigenvalue weighted by Crippen LogP contribution is 2.14. The first kappa shape index (κ1) is 11.5. The molecule has 1 heterocycles. The lowest BCUT2D eigenvalue weighted by atomic mass is 10.3. The molecule has 18 heavy (non-hydrogen) atoms. The molecule has 0 aliphatic carbocycles. The summed E-state index contributed by atoms with van der Waals surface area (Å²) in [6.07, 6.45) is 0. The Hall–Kier alpha value is -2.95. The molecule has 0 bridgehead atoms. The number of hydrogen-bond acceptors (Lipinski definition) is 7. The van der Waals surface area contributed by atoms with Crippen molar-refractivity contribution in [3.05, 3.63) is 30.1 Å². The summed E-state index contributed by atoms with van der Waals surface area (Å²) in [4.78, 5) is 0. The minimum Gasteiger partial charge on any atom is -0.497 e. The molecule has 0 saturated carbocycles. The van der Waals surface area contributed by atoms with E-state index in [9.17, 15) is 0 Å². The average molecular weight is 243 g/mol. The van der Waals surface area contributed by atoms with Crippen LogP contribution in [-0.2, 0) is 0 Å². The number of aromatic nitrogens is 4. The lowest BCUT2D eigenvalue weighted by Gasteiger charge is -2.02. The van der Waals surface area contributed by atoms with Crippen LogP contribution in [0.2, 0.25) is 0 Å². The van der Waals surface area contributed by atoms with E-state index in [-0.39, 0.29) is 11.5 Å². The molecule has 0 fully saturated rings. The Labute approximate surface area is 102 Å². The van der Waals surface area contributed by atoms with Crippen LogP contribution in [0.5, 0.6) is 5.75 Å². The topological polar surface area (TPSA) is 112 Å². The lowest BCUT2D eigenvalue weighted by molar-refractivity contribution is 0.415. The van der Waals surface area contributed by atoms with Crippen molar-refractivity contribution in [2.75, 3.05) is 12.5 Å². The molecule has 0 aliphatic heterocycles. The summed E-state index contributed by atoms with van der Waals surface area (Å²) in [6, 6.07) is 8.97. The minimum absolute atomic E-state index is 0.0413. The van der Waals surface area contributed by atoms with Gasteiger partial charge in [0.15, 0.2) is 0 Å². The number of H-pyrrole nitrogens is 1. The normalized spacial score (nSPS) is 10.8. The summed E-state index contributed by atoms with van der Waals surface area (Å²) in [7, 11) is 1.59. The van der Waals surface area contributed by atoms with Gasteiger partial charge in [0, 0.05) is 0 Å². The molecule has 2 aromatic rings. The van der Waals surface area contributed by atoms with Crippen molar-refractivity contribution in [2.24, 2.45) is 5.10 Å². The van der Waals surface area contributed by atoms with Crippen LogP contribution in [0.1, 0.15) is 5.82 Å². The third kappa shape index (κ3) is 2.59. The van der Waals surface area contributed by atoms with E-state index in [2.05, 4.69) is 31.2 Å². The van der Waals surface area contributed by atoms with Gasteiger partial charge in [0.1, 0.15) is 11.8 Å². The van der Waals surface area contributed by atoms with Crippen LogP contribution in [0, 0.1) is 11.3 Å². The zero-order valence-electron chi connectivity index (χ0n) is 9.45. The number of anilines is 1. The molecule has 0 amide bonds.